The minimum Gasteiger partial charge on any atom is -0.393 e. The molecule has 2 fully saturated rings. The van der Waals surface area contributed by atoms with Gasteiger partial charge in [0.05, 0.1) is 6.10 Å². The van der Waals surface area contributed by atoms with E-state index in [1.807, 2.05) is 6.07 Å². The van der Waals surface area contributed by atoms with Crippen molar-refractivity contribution in [3.63, 3.8) is 0 Å². The van der Waals surface area contributed by atoms with Crippen LogP contribution in [0, 0.1) is 11.8 Å². The highest BCUT2D eigenvalue weighted by Crippen LogP contribution is 2.38. The number of hydrogen-bond donors (Lipinski definition) is 1. The second-order valence-corrected chi connectivity index (χ2v) is 4.60. The summed E-state index contributed by atoms with van der Waals surface area (Å²) >= 11 is 0. The van der Waals surface area contributed by atoms with Gasteiger partial charge in [-0.3, -0.25) is 0 Å². The Morgan fingerprint density at radius 2 is 1.73 bits per heavy atom. The van der Waals surface area contributed by atoms with E-state index in [1.54, 1.807) is 12.4 Å². The predicted molar refractivity (Wildman–Crippen MR) is 56.5 cm³/mol. The van der Waals surface area contributed by atoms with Gasteiger partial charge in [0.1, 0.15) is 0 Å². The van der Waals surface area contributed by atoms with E-state index in [2.05, 4.69) is 14.9 Å². The molecule has 15 heavy (non-hydrogen) atoms. The molecule has 0 radical (unpaired) electrons. The van der Waals surface area contributed by atoms with Gasteiger partial charge in [-0.1, -0.05) is 0 Å². The minimum absolute atomic E-state index is 0.0705. The van der Waals surface area contributed by atoms with Gasteiger partial charge in [-0.05, 0) is 30.7 Å². The van der Waals surface area contributed by atoms with E-state index >= 15 is 0 Å². The lowest BCUT2D eigenvalue weighted by atomic mass is 10.0. The van der Waals surface area contributed by atoms with Gasteiger partial charge in [-0.2, -0.15) is 0 Å². The highest BCUT2D eigenvalue weighted by molar-refractivity contribution is 5.31. The first-order valence-corrected chi connectivity index (χ1v) is 5.53. The fourth-order valence-corrected chi connectivity index (χ4v) is 2.89. The first kappa shape index (κ1) is 9.09. The molecule has 0 aromatic carbocycles. The van der Waals surface area contributed by atoms with Crippen LogP contribution in [0.4, 0.5) is 5.95 Å². The van der Waals surface area contributed by atoms with Crippen molar-refractivity contribution < 1.29 is 5.11 Å². The quantitative estimate of drug-likeness (QED) is 0.732. The van der Waals surface area contributed by atoms with Crippen molar-refractivity contribution in [2.75, 3.05) is 18.0 Å². The molecule has 2 aliphatic rings. The molecule has 4 nitrogen and oxygen atoms in total. The van der Waals surface area contributed by atoms with E-state index in [-0.39, 0.29) is 6.10 Å². The number of hydrogen-bond acceptors (Lipinski definition) is 4. The maximum atomic E-state index is 9.54. The third-order valence-corrected chi connectivity index (χ3v) is 3.56. The van der Waals surface area contributed by atoms with Gasteiger partial charge < -0.3 is 10.0 Å². The van der Waals surface area contributed by atoms with Gasteiger partial charge in [0, 0.05) is 25.5 Å². The molecule has 1 aromatic heterocycles. The Balaban J connectivity index is 1.73. The van der Waals surface area contributed by atoms with E-state index in [0.29, 0.717) is 11.8 Å². The number of fused-ring (bicyclic) bond motifs is 1. The second kappa shape index (κ2) is 3.45. The molecular formula is C11H15N3O. The summed E-state index contributed by atoms with van der Waals surface area (Å²) in [6.45, 7) is 2.01. The van der Waals surface area contributed by atoms with Crippen LogP contribution < -0.4 is 4.90 Å². The summed E-state index contributed by atoms with van der Waals surface area (Å²) in [4.78, 5) is 10.8. The Bertz CT molecular complexity index is 329. The summed E-state index contributed by atoms with van der Waals surface area (Å²) in [6, 6.07) is 1.84. The maximum absolute atomic E-state index is 9.54. The topological polar surface area (TPSA) is 49.2 Å². The molecule has 3 rings (SSSR count). The number of nitrogens with zero attached hydrogens (tertiary/aromatic N) is 3. The summed E-state index contributed by atoms with van der Waals surface area (Å²) in [5.74, 6) is 2.12. The van der Waals surface area contributed by atoms with Gasteiger partial charge >= 0.3 is 0 Å². The van der Waals surface area contributed by atoms with Crippen molar-refractivity contribution in [2.24, 2.45) is 11.8 Å². The summed E-state index contributed by atoms with van der Waals surface area (Å²) in [6.07, 6.45) is 5.40. The van der Waals surface area contributed by atoms with Crippen molar-refractivity contribution in [3.05, 3.63) is 18.5 Å². The van der Waals surface area contributed by atoms with E-state index < -0.39 is 0 Å². The summed E-state index contributed by atoms with van der Waals surface area (Å²) in [5.41, 5.74) is 0. The zero-order valence-electron chi connectivity index (χ0n) is 8.58. The van der Waals surface area contributed by atoms with E-state index in [9.17, 15) is 5.11 Å². The van der Waals surface area contributed by atoms with Gasteiger partial charge in [-0.15, -0.1) is 0 Å². The molecule has 1 aromatic rings. The van der Waals surface area contributed by atoms with Crippen LogP contribution >= 0.6 is 0 Å². The fraction of sp³-hybridized carbons (Fsp3) is 0.636. The monoisotopic (exact) mass is 205 g/mol. The molecule has 2 heterocycles. The van der Waals surface area contributed by atoms with Gasteiger partial charge in [0.15, 0.2) is 0 Å². The van der Waals surface area contributed by atoms with Crippen LogP contribution in [0.1, 0.15) is 12.8 Å². The normalized spacial score (nSPS) is 34.5. The average molecular weight is 205 g/mol. The third-order valence-electron chi connectivity index (χ3n) is 3.56. The van der Waals surface area contributed by atoms with Crippen LogP contribution in [0.25, 0.3) is 0 Å². The zero-order chi connectivity index (χ0) is 10.3. The number of aromatic nitrogens is 2. The van der Waals surface area contributed by atoms with Crippen molar-refractivity contribution in [1.29, 1.82) is 0 Å². The molecule has 1 unspecified atom stereocenters. The number of rotatable bonds is 1. The number of anilines is 1. The SMILES string of the molecule is OC1C[C@@H]2CN(c3ncccn3)C[C@@H]2C1. The molecule has 1 N–H and O–H groups in total. The molecule has 1 aliphatic heterocycles. The Morgan fingerprint density at radius 3 is 2.33 bits per heavy atom. The summed E-state index contributed by atoms with van der Waals surface area (Å²) in [5, 5.41) is 9.54. The molecule has 1 saturated carbocycles. The molecule has 0 amide bonds. The van der Waals surface area contributed by atoms with Crippen molar-refractivity contribution in [1.82, 2.24) is 9.97 Å². The second-order valence-electron chi connectivity index (χ2n) is 4.60. The highest BCUT2D eigenvalue weighted by Gasteiger charge is 2.40. The molecule has 4 heteroatoms. The molecule has 0 spiro atoms. The summed E-state index contributed by atoms with van der Waals surface area (Å²) in [7, 11) is 0. The van der Waals surface area contributed by atoms with Crippen LogP contribution in [-0.2, 0) is 0 Å². The van der Waals surface area contributed by atoms with Crippen LogP contribution in [0.3, 0.4) is 0 Å². The van der Waals surface area contributed by atoms with Gasteiger partial charge in [0.25, 0.3) is 0 Å². The summed E-state index contributed by atoms with van der Waals surface area (Å²) < 4.78 is 0. The van der Waals surface area contributed by atoms with Gasteiger partial charge in [0.2, 0.25) is 5.95 Å². The lowest BCUT2D eigenvalue weighted by molar-refractivity contribution is 0.174. The molecular weight excluding hydrogens is 190 g/mol. The lowest BCUT2D eigenvalue weighted by Gasteiger charge is -2.17. The first-order chi connectivity index (χ1) is 7.33. The Morgan fingerprint density at radius 1 is 1.13 bits per heavy atom. The Kier molecular flexibility index (Phi) is 2.09. The predicted octanol–water partition coefficient (Wildman–Crippen LogP) is 0.684. The van der Waals surface area contributed by atoms with Crippen molar-refractivity contribution in [3.8, 4) is 0 Å². The lowest BCUT2D eigenvalue weighted by Crippen LogP contribution is -2.24. The highest BCUT2D eigenvalue weighted by atomic mass is 16.3. The molecule has 1 saturated heterocycles. The zero-order valence-corrected chi connectivity index (χ0v) is 8.58. The molecule has 0 bridgehead atoms. The fourth-order valence-electron chi connectivity index (χ4n) is 2.89. The Hall–Kier alpha value is -1.16. The molecule has 3 atom stereocenters. The van der Waals surface area contributed by atoms with Crippen LogP contribution in [0.5, 0.6) is 0 Å². The Labute approximate surface area is 89.0 Å². The van der Waals surface area contributed by atoms with E-state index in [4.69, 9.17) is 0 Å². The third kappa shape index (κ3) is 1.59. The minimum atomic E-state index is -0.0705. The molecule has 1 aliphatic carbocycles. The van der Waals surface area contributed by atoms with E-state index in [1.165, 1.54) is 0 Å². The van der Waals surface area contributed by atoms with Crippen LogP contribution in [0.15, 0.2) is 18.5 Å². The average Bonchev–Trinajstić information content (AvgIpc) is 2.76. The number of aliphatic hydroxyl groups is 1. The largest absolute Gasteiger partial charge is 0.393 e. The van der Waals surface area contributed by atoms with Crippen LogP contribution in [-0.4, -0.2) is 34.3 Å². The maximum Gasteiger partial charge on any atom is 0.225 e. The van der Waals surface area contributed by atoms with Crippen LogP contribution in [0.2, 0.25) is 0 Å². The van der Waals surface area contributed by atoms with Crippen molar-refractivity contribution in [2.45, 2.75) is 18.9 Å². The standard InChI is InChI=1S/C11H15N3O/c15-10-4-8-6-14(7-9(8)5-10)11-12-2-1-3-13-11/h1-3,8-10,15H,4-7H2/t8-,9+,10?. The first-order valence-electron chi connectivity index (χ1n) is 5.53. The van der Waals surface area contributed by atoms with Crippen molar-refractivity contribution >= 4 is 5.95 Å². The van der Waals surface area contributed by atoms with Gasteiger partial charge in [-0.25, -0.2) is 9.97 Å². The van der Waals surface area contributed by atoms with E-state index in [0.717, 1.165) is 31.9 Å². The smallest absolute Gasteiger partial charge is 0.225 e. The number of aliphatic hydroxyl groups excluding tert-OH is 1. The molecule has 80 valence electrons.